The molecule has 1 aliphatic rings. The predicted octanol–water partition coefficient (Wildman–Crippen LogP) is 2.86. The zero-order valence-corrected chi connectivity index (χ0v) is 12.9. The summed E-state index contributed by atoms with van der Waals surface area (Å²) in [6, 6.07) is 2.44. The summed E-state index contributed by atoms with van der Waals surface area (Å²) in [6.07, 6.45) is 6.66. The third kappa shape index (κ3) is 3.73. The maximum absolute atomic E-state index is 12.9. The predicted molar refractivity (Wildman–Crippen MR) is 78.9 cm³/mol. The molecule has 0 saturated carbocycles. The first-order chi connectivity index (χ1) is 9.65. The number of likely N-dealkylation sites (tertiary alicyclic amines) is 1. The van der Waals surface area contributed by atoms with Crippen LogP contribution < -0.4 is 0 Å². The summed E-state index contributed by atoms with van der Waals surface area (Å²) >= 11 is 0. The van der Waals surface area contributed by atoms with Gasteiger partial charge in [-0.1, -0.05) is 26.7 Å². The Bertz CT molecular complexity index is 341. The Morgan fingerprint density at radius 1 is 1.35 bits per heavy atom. The summed E-state index contributed by atoms with van der Waals surface area (Å²) in [6.45, 7) is 4.89. The zero-order chi connectivity index (χ0) is 15.0. The van der Waals surface area contributed by atoms with Crippen molar-refractivity contribution in [1.29, 1.82) is 5.26 Å². The van der Waals surface area contributed by atoms with Crippen molar-refractivity contribution in [3.8, 4) is 6.07 Å². The Morgan fingerprint density at radius 3 is 2.50 bits per heavy atom. The summed E-state index contributed by atoms with van der Waals surface area (Å²) in [4.78, 5) is 14.8. The fraction of sp³-hybridized carbons (Fsp3) is 0.875. The van der Waals surface area contributed by atoms with Gasteiger partial charge in [0.25, 0.3) is 0 Å². The maximum atomic E-state index is 12.9. The molecule has 0 bridgehead atoms. The van der Waals surface area contributed by atoms with Crippen LogP contribution in [0.25, 0.3) is 0 Å². The van der Waals surface area contributed by atoms with Gasteiger partial charge in [-0.25, -0.2) is 0 Å². The molecular formula is C16H28N2O2. The van der Waals surface area contributed by atoms with Gasteiger partial charge in [0.05, 0.1) is 6.07 Å². The van der Waals surface area contributed by atoms with Crippen LogP contribution in [0.15, 0.2) is 0 Å². The van der Waals surface area contributed by atoms with Gasteiger partial charge < -0.3 is 10.0 Å². The smallest absolute Gasteiger partial charge is 0.243 e. The molecule has 1 saturated heterocycles. The SMILES string of the molecule is CCCC(C#N)(CCC)C(=O)N1CCCCC1CCO. The van der Waals surface area contributed by atoms with Gasteiger partial charge in [-0.05, 0) is 38.5 Å². The lowest BCUT2D eigenvalue weighted by Gasteiger charge is -2.40. The van der Waals surface area contributed by atoms with Gasteiger partial charge in [-0.3, -0.25) is 4.79 Å². The number of aliphatic hydroxyl groups is 1. The number of aliphatic hydroxyl groups excluding tert-OH is 1. The van der Waals surface area contributed by atoms with Crippen molar-refractivity contribution in [2.24, 2.45) is 5.41 Å². The molecule has 0 aromatic carbocycles. The first-order valence-electron chi connectivity index (χ1n) is 7.98. The van der Waals surface area contributed by atoms with Crippen molar-refractivity contribution in [2.45, 2.75) is 71.3 Å². The average molecular weight is 280 g/mol. The lowest BCUT2D eigenvalue weighted by molar-refractivity contribution is -0.144. The van der Waals surface area contributed by atoms with Crippen LogP contribution >= 0.6 is 0 Å². The van der Waals surface area contributed by atoms with Gasteiger partial charge >= 0.3 is 0 Å². The van der Waals surface area contributed by atoms with Crippen LogP contribution in [-0.4, -0.2) is 35.1 Å². The highest BCUT2D eigenvalue weighted by molar-refractivity contribution is 5.85. The molecule has 114 valence electrons. The Labute approximate surface area is 122 Å². The molecule has 0 aliphatic carbocycles. The Balaban J connectivity index is 2.94. The molecule has 1 heterocycles. The van der Waals surface area contributed by atoms with E-state index in [4.69, 9.17) is 0 Å². The standard InChI is InChI=1S/C16H28N2O2/c1-3-9-16(13-17,10-4-2)15(20)18-11-6-5-7-14(18)8-12-19/h14,19H,3-12H2,1-2H3. The second kappa shape index (κ2) is 8.26. The Kier molecular flexibility index (Phi) is 7.01. The second-order valence-corrected chi connectivity index (χ2v) is 5.85. The summed E-state index contributed by atoms with van der Waals surface area (Å²) in [7, 11) is 0. The van der Waals surface area contributed by atoms with Crippen LogP contribution in [0.5, 0.6) is 0 Å². The molecule has 0 radical (unpaired) electrons. The second-order valence-electron chi connectivity index (χ2n) is 5.85. The Hall–Kier alpha value is -1.08. The van der Waals surface area contributed by atoms with E-state index in [1.54, 1.807) is 0 Å². The van der Waals surface area contributed by atoms with Crippen molar-refractivity contribution in [3.63, 3.8) is 0 Å². The number of carbonyl (C=O) groups is 1. The first-order valence-corrected chi connectivity index (χ1v) is 7.98. The van der Waals surface area contributed by atoms with Crippen LogP contribution in [0.3, 0.4) is 0 Å². The topological polar surface area (TPSA) is 64.3 Å². The maximum Gasteiger partial charge on any atom is 0.243 e. The van der Waals surface area contributed by atoms with Crippen LogP contribution in [0.4, 0.5) is 0 Å². The van der Waals surface area contributed by atoms with Crippen molar-refractivity contribution in [1.82, 2.24) is 4.90 Å². The minimum absolute atomic E-state index is 0.00171. The number of nitriles is 1. The minimum atomic E-state index is -0.853. The molecule has 0 aromatic rings. The molecular weight excluding hydrogens is 252 g/mol. The van der Waals surface area contributed by atoms with E-state index in [2.05, 4.69) is 6.07 Å². The molecule has 0 spiro atoms. The number of hydrogen-bond donors (Lipinski definition) is 1. The quantitative estimate of drug-likeness (QED) is 0.780. The van der Waals surface area contributed by atoms with Gasteiger partial charge in [0, 0.05) is 19.2 Å². The van der Waals surface area contributed by atoms with Crippen molar-refractivity contribution < 1.29 is 9.90 Å². The fourth-order valence-electron chi connectivity index (χ4n) is 3.34. The normalized spacial score (nSPS) is 19.7. The van der Waals surface area contributed by atoms with E-state index in [1.807, 2.05) is 18.7 Å². The average Bonchev–Trinajstić information content (AvgIpc) is 2.47. The number of carbonyl (C=O) groups excluding carboxylic acids is 1. The zero-order valence-electron chi connectivity index (χ0n) is 12.9. The number of hydrogen-bond acceptors (Lipinski definition) is 3. The van der Waals surface area contributed by atoms with Crippen molar-refractivity contribution >= 4 is 5.91 Å². The van der Waals surface area contributed by atoms with Gasteiger partial charge in [0.2, 0.25) is 5.91 Å². The number of amides is 1. The van der Waals surface area contributed by atoms with E-state index in [-0.39, 0.29) is 18.6 Å². The van der Waals surface area contributed by atoms with Gasteiger partial charge in [-0.15, -0.1) is 0 Å². The highest BCUT2D eigenvalue weighted by Gasteiger charge is 2.42. The fourth-order valence-corrected chi connectivity index (χ4v) is 3.34. The van der Waals surface area contributed by atoms with Crippen LogP contribution in [0, 0.1) is 16.7 Å². The Morgan fingerprint density at radius 2 is 2.00 bits per heavy atom. The first kappa shape index (κ1) is 17.0. The summed E-state index contributed by atoms with van der Waals surface area (Å²) < 4.78 is 0. The van der Waals surface area contributed by atoms with E-state index in [0.717, 1.165) is 38.6 Å². The van der Waals surface area contributed by atoms with E-state index in [9.17, 15) is 15.2 Å². The highest BCUT2D eigenvalue weighted by Crippen LogP contribution is 2.34. The molecule has 1 aliphatic heterocycles. The van der Waals surface area contributed by atoms with Gasteiger partial charge in [0.15, 0.2) is 0 Å². The van der Waals surface area contributed by atoms with Crippen LogP contribution in [-0.2, 0) is 4.79 Å². The van der Waals surface area contributed by atoms with Crippen LogP contribution in [0.1, 0.15) is 65.2 Å². The number of piperidine rings is 1. The van der Waals surface area contributed by atoms with Crippen LogP contribution in [0.2, 0.25) is 0 Å². The van der Waals surface area contributed by atoms with Crippen molar-refractivity contribution in [3.05, 3.63) is 0 Å². The molecule has 1 fully saturated rings. The lowest BCUT2D eigenvalue weighted by Crippen LogP contribution is -2.50. The summed E-state index contributed by atoms with van der Waals surface area (Å²) in [5.41, 5.74) is -0.853. The van der Waals surface area contributed by atoms with Gasteiger partial charge in [0.1, 0.15) is 5.41 Å². The largest absolute Gasteiger partial charge is 0.396 e. The number of nitrogens with zero attached hydrogens (tertiary/aromatic N) is 2. The van der Waals surface area contributed by atoms with Gasteiger partial charge in [-0.2, -0.15) is 5.26 Å². The monoisotopic (exact) mass is 280 g/mol. The molecule has 1 atom stereocenters. The lowest BCUT2D eigenvalue weighted by atomic mass is 9.78. The van der Waals surface area contributed by atoms with E-state index < -0.39 is 5.41 Å². The highest BCUT2D eigenvalue weighted by atomic mass is 16.3. The molecule has 0 aromatic heterocycles. The number of rotatable bonds is 7. The molecule has 1 amide bonds. The molecule has 1 rings (SSSR count). The van der Waals surface area contributed by atoms with Crippen molar-refractivity contribution in [2.75, 3.05) is 13.2 Å². The summed E-state index contributed by atoms with van der Waals surface area (Å²) in [5, 5.41) is 18.8. The van der Waals surface area contributed by atoms with E-state index >= 15 is 0 Å². The molecule has 4 nitrogen and oxygen atoms in total. The van der Waals surface area contributed by atoms with E-state index in [0.29, 0.717) is 19.3 Å². The minimum Gasteiger partial charge on any atom is -0.396 e. The third-order valence-electron chi connectivity index (χ3n) is 4.33. The molecule has 20 heavy (non-hydrogen) atoms. The molecule has 1 unspecified atom stereocenters. The van der Waals surface area contributed by atoms with E-state index in [1.165, 1.54) is 0 Å². The third-order valence-corrected chi connectivity index (χ3v) is 4.33. The molecule has 4 heteroatoms. The summed E-state index contributed by atoms with van der Waals surface area (Å²) in [5.74, 6) is 0.00171. The molecule has 1 N–H and O–H groups in total.